The Morgan fingerprint density at radius 3 is 2.37 bits per heavy atom. The SMILES string of the molecule is CC(=O)N1CCC2(CC1)CC(CC(CO)NC(=O)[C@H](CC(C)C)NC(=O)O)C(=O)N2. The highest BCUT2D eigenvalue weighted by atomic mass is 16.4. The van der Waals surface area contributed by atoms with E-state index in [1.54, 1.807) is 4.90 Å². The normalized spacial score (nSPS) is 22.5. The van der Waals surface area contributed by atoms with Gasteiger partial charge in [0.25, 0.3) is 0 Å². The zero-order chi connectivity index (χ0) is 22.5. The number of likely N-dealkylation sites (tertiary alicyclic amines) is 1. The molecule has 2 unspecified atom stereocenters. The van der Waals surface area contributed by atoms with Crippen LogP contribution in [0.4, 0.5) is 4.79 Å². The molecule has 10 nitrogen and oxygen atoms in total. The maximum Gasteiger partial charge on any atom is 0.405 e. The zero-order valence-electron chi connectivity index (χ0n) is 17.9. The fourth-order valence-corrected chi connectivity index (χ4v) is 4.42. The van der Waals surface area contributed by atoms with E-state index in [0.717, 1.165) is 0 Å². The van der Waals surface area contributed by atoms with Crippen LogP contribution in [-0.2, 0) is 14.4 Å². The highest BCUT2D eigenvalue weighted by Gasteiger charge is 2.46. The van der Waals surface area contributed by atoms with Crippen LogP contribution >= 0.6 is 0 Å². The lowest BCUT2D eigenvalue weighted by molar-refractivity contribution is -0.130. The molecule has 1 spiro atoms. The molecule has 10 heteroatoms. The average molecular weight is 427 g/mol. The number of aliphatic hydroxyl groups is 1. The van der Waals surface area contributed by atoms with Crippen molar-refractivity contribution < 1.29 is 29.4 Å². The summed E-state index contributed by atoms with van der Waals surface area (Å²) in [7, 11) is 0. The van der Waals surface area contributed by atoms with Gasteiger partial charge in [-0.3, -0.25) is 14.4 Å². The molecular weight excluding hydrogens is 392 g/mol. The fourth-order valence-electron chi connectivity index (χ4n) is 4.42. The van der Waals surface area contributed by atoms with Gasteiger partial charge in [-0.2, -0.15) is 0 Å². The monoisotopic (exact) mass is 426 g/mol. The molecule has 2 aliphatic rings. The van der Waals surface area contributed by atoms with Crippen molar-refractivity contribution in [1.29, 1.82) is 0 Å². The molecule has 0 aromatic heterocycles. The summed E-state index contributed by atoms with van der Waals surface area (Å²) in [6.07, 6.45) is 1.27. The standard InChI is InChI=1S/C20H34N4O6/c1-12(2)8-16(22-19(29)30)18(28)21-15(11-25)9-14-10-20(23-17(14)27)4-6-24(7-5-20)13(3)26/h12,14-16,22,25H,4-11H2,1-3H3,(H,21,28)(H,23,27)(H,29,30)/t14?,15?,16-/m0/s1. The minimum absolute atomic E-state index is 0.0275. The third-order valence-corrected chi connectivity index (χ3v) is 6.02. The van der Waals surface area contributed by atoms with Crippen LogP contribution in [0.15, 0.2) is 0 Å². The second-order valence-corrected chi connectivity index (χ2v) is 8.93. The first-order chi connectivity index (χ1) is 14.0. The highest BCUT2D eigenvalue weighted by molar-refractivity contribution is 5.86. The molecule has 0 radical (unpaired) electrons. The van der Waals surface area contributed by atoms with Crippen molar-refractivity contribution in [2.45, 2.75) is 70.5 Å². The van der Waals surface area contributed by atoms with Crippen LogP contribution in [0.25, 0.3) is 0 Å². The van der Waals surface area contributed by atoms with Gasteiger partial charge in [-0.05, 0) is 38.0 Å². The van der Waals surface area contributed by atoms with E-state index in [-0.39, 0.29) is 42.2 Å². The molecule has 2 fully saturated rings. The second kappa shape index (κ2) is 10.1. The fraction of sp³-hybridized carbons (Fsp3) is 0.800. The average Bonchev–Trinajstić information content (AvgIpc) is 2.94. The van der Waals surface area contributed by atoms with Crippen molar-refractivity contribution in [2.24, 2.45) is 11.8 Å². The third-order valence-electron chi connectivity index (χ3n) is 6.02. The molecule has 2 rings (SSSR count). The van der Waals surface area contributed by atoms with Crippen LogP contribution < -0.4 is 16.0 Å². The van der Waals surface area contributed by atoms with Crippen molar-refractivity contribution in [2.75, 3.05) is 19.7 Å². The van der Waals surface area contributed by atoms with E-state index in [1.807, 2.05) is 13.8 Å². The zero-order valence-corrected chi connectivity index (χ0v) is 17.9. The van der Waals surface area contributed by atoms with Gasteiger partial charge in [0.1, 0.15) is 6.04 Å². The molecular formula is C20H34N4O6. The van der Waals surface area contributed by atoms with E-state index < -0.39 is 24.1 Å². The van der Waals surface area contributed by atoms with Gasteiger partial charge in [0.2, 0.25) is 17.7 Å². The molecule has 170 valence electrons. The summed E-state index contributed by atoms with van der Waals surface area (Å²) in [4.78, 5) is 49.4. The van der Waals surface area contributed by atoms with Gasteiger partial charge in [0.05, 0.1) is 12.6 Å². The number of nitrogens with one attached hydrogen (secondary N) is 3. The maximum absolute atomic E-state index is 12.5. The van der Waals surface area contributed by atoms with E-state index in [1.165, 1.54) is 6.92 Å². The smallest absolute Gasteiger partial charge is 0.405 e. The van der Waals surface area contributed by atoms with E-state index in [9.17, 15) is 24.3 Å². The van der Waals surface area contributed by atoms with E-state index >= 15 is 0 Å². The van der Waals surface area contributed by atoms with Crippen LogP contribution in [0.5, 0.6) is 0 Å². The van der Waals surface area contributed by atoms with E-state index in [4.69, 9.17) is 5.11 Å². The second-order valence-electron chi connectivity index (χ2n) is 8.93. The lowest BCUT2D eigenvalue weighted by Crippen LogP contribution is -2.51. The largest absolute Gasteiger partial charge is 0.465 e. The van der Waals surface area contributed by atoms with Crippen LogP contribution in [-0.4, -0.2) is 76.2 Å². The first-order valence-corrected chi connectivity index (χ1v) is 10.5. The van der Waals surface area contributed by atoms with Crippen molar-refractivity contribution in [3.63, 3.8) is 0 Å². The van der Waals surface area contributed by atoms with Crippen LogP contribution in [0, 0.1) is 11.8 Å². The summed E-state index contributed by atoms with van der Waals surface area (Å²) < 4.78 is 0. The van der Waals surface area contributed by atoms with Gasteiger partial charge in [-0.25, -0.2) is 4.79 Å². The number of hydrogen-bond donors (Lipinski definition) is 5. The summed E-state index contributed by atoms with van der Waals surface area (Å²) >= 11 is 0. The van der Waals surface area contributed by atoms with Gasteiger partial charge < -0.3 is 31.1 Å². The minimum atomic E-state index is -1.29. The van der Waals surface area contributed by atoms with Gasteiger partial charge >= 0.3 is 6.09 Å². The predicted octanol–water partition coefficient (Wildman–Crippen LogP) is 0.0531. The minimum Gasteiger partial charge on any atom is -0.465 e. The number of carboxylic acid groups (broad SMARTS) is 1. The van der Waals surface area contributed by atoms with E-state index in [2.05, 4.69) is 16.0 Å². The number of nitrogens with zero attached hydrogens (tertiary/aromatic N) is 1. The lowest BCUT2D eigenvalue weighted by Gasteiger charge is -2.39. The molecule has 2 aliphatic heterocycles. The molecule has 0 aliphatic carbocycles. The first kappa shape index (κ1) is 23.9. The molecule has 2 saturated heterocycles. The molecule has 2 heterocycles. The maximum atomic E-state index is 12.5. The van der Waals surface area contributed by atoms with Crippen molar-refractivity contribution in [3.8, 4) is 0 Å². The summed E-state index contributed by atoms with van der Waals surface area (Å²) in [6, 6.07) is -1.57. The molecule has 0 saturated carbocycles. The van der Waals surface area contributed by atoms with Crippen molar-refractivity contribution >= 4 is 23.8 Å². The summed E-state index contributed by atoms with van der Waals surface area (Å²) in [5.41, 5.74) is -0.344. The molecule has 5 N–H and O–H groups in total. The topological polar surface area (TPSA) is 148 Å². The van der Waals surface area contributed by atoms with Gasteiger partial charge in [-0.15, -0.1) is 0 Å². The molecule has 4 amide bonds. The molecule has 0 aromatic rings. The number of aliphatic hydroxyl groups excluding tert-OH is 1. The Bertz CT molecular complexity index is 660. The van der Waals surface area contributed by atoms with Crippen LogP contribution in [0.1, 0.15) is 52.9 Å². The number of rotatable bonds is 8. The summed E-state index contributed by atoms with van der Waals surface area (Å²) in [6.45, 7) is 6.15. The van der Waals surface area contributed by atoms with Crippen molar-refractivity contribution in [1.82, 2.24) is 20.9 Å². The predicted molar refractivity (Wildman–Crippen MR) is 109 cm³/mol. The highest BCUT2D eigenvalue weighted by Crippen LogP contribution is 2.36. The number of hydrogen-bond acceptors (Lipinski definition) is 5. The van der Waals surface area contributed by atoms with Gasteiger partial charge in [0, 0.05) is 31.5 Å². The Morgan fingerprint density at radius 1 is 1.23 bits per heavy atom. The Balaban J connectivity index is 1.95. The van der Waals surface area contributed by atoms with E-state index in [0.29, 0.717) is 38.8 Å². The molecule has 0 bridgehead atoms. The molecule has 3 atom stereocenters. The number of piperidine rings is 1. The number of carbonyl (C=O) groups is 4. The summed E-state index contributed by atoms with van der Waals surface area (Å²) in [5.74, 6) is -0.849. The summed E-state index contributed by atoms with van der Waals surface area (Å²) in [5, 5.41) is 26.7. The molecule has 30 heavy (non-hydrogen) atoms. The number of amides is 4. The Hall–Kier alpha value is -2.36. The van der Waals surface area contributed by atoms with Crippen molar-refractivity contribution in [3.05, 3.63) is 0 Å². The van der Waals surface area contributed by atoms with Crippen LogP contribution in [0.3, 0.4) is 0 Å². The van der Waals surface area contributed by atoms with Crippen LogP contribution in [0.2, 0.25) is 0 Å². The molecule has 0 aromatic carbocycles. The Morgan fingerprint density at radius 2 is 1.87 bits per heavy atom. The van der Waals surface area contributed by atoms with Gasteiger partial charge in [-0.1, -0.05) is 13.8 Å². The van der Waals surface area contributed by atoms with Gasteiger partial charge in [0.15, 0.2) is 0 Å². The lowest BCUT2D eigenvalue weighted by atomic mass is 9.82. The Labute approximate surface area is 176 Å². The Kier molecular flexibility index (Phi) is 8.05. The quantitative estimate of drug-likeness (QED) is 0.370. The third kappa shape index (κ3) is 6.32. The first-order valence-electron chi connectivity index (χ1n) is 10.5. The number of carbonyl (C=O) groups excluding carboxylic acids is 3.